The molecule has 0 atom stereocenters. The van der Waals surface area contributed by atoms with Gasteiger partial charge in [-0.3, -0.25) is 16.4 Å². The van der Waals surface area contributed by atoms with Crippen LogP contribution in [0.4, 0.5) is 0 Å². The quantitative estimate of drug-likeness (QED) is 0.130. The van der Waals surface area contributed by atoms with E-state index in [1.807, 2.05) is 0 Å². The van der Waals surface area contributed by atoms with Gasteiger partial charge >= 0.3 is 121 Å². The fourth-order valence-corrected chi connectivity index (χ4v) is 0. The average molecular weight is 411 g/mol. The minimum atomic E-state index is -4.67. The molecule has 0 heterocycles. The molecule has 0 aliphatic heterocycles. The van der Waals surface area contributed by atoms with E-state index in [9.17, 15) is 0 Å². The Kier molecular flexibility index (Phi) is 76.8. The summed E-state index contributed by atoms with van der Waals surface area (Å²) < 4.78 is 31.6. The van der Waals surface area contributed by atoms with Crippen molar-refractivity contribution in [1.82, 2.24) is 0 Å². The van der Waals surface area contributed by atoms with Gasteiger partial charge in [0.25, 0.3) is 0 Å². The first kappa shape index (κ1) is 50.4. The summed E-state index contributed by atoms with van der Waals surface area (Å²) in [6.45, 7) is 0. The molecule has 0 aliphatic carbocycles. The summed E-state index contributed by atoms with van der Waals surface area (Å²) in [7, 11) is -14.1. The van der Waals surface area contributed by atoms with E-state index in [0.717, 1.165) is 0 Å². The van der Waals surface area contributed by atoms with Crippen molar-refractivity contribution in [3.8, 4) is 0 Å². The summed E-state index contributed by atoms with van der Waals surface area (Å²) in [5, 5.41) is 89.8. The van der Waals surface area contributed by atoms with Crippen molar-refractivity contribution in [1.29, 1.82) is 0 Å². The molecule has 0 saturated carbocycles. The van der Waals surface area contributed by atoms with E-state index in [-0.39, 0.29) is 88.7 Å². The third kappa shape index (κ3) is 1960. The molecule has 0 bridgehead atoms. The van der Waals surface area contributed by atoms with Crippen LogP contribution in [-0.2, 0) is 10.4 Å². The average Bonchev–Trinajstić information content (AvgIpc) is 1.91. The molecule has 0 aromatic carbocycles. The van der Waals surface area contributed by atoms with Crippen molar-refractivity contribution in [3.05, 3.63) is 0 Å². The van der Waals surface area contributed by atoms with Crippen LogP contribution in [0.3, 0.4) is 0 Å². The molecular weight excluding hydrogens is 400 g/mol. The topological polar surface area (TPSA) is 326 Å². The summed E-state index contributed by atoms with van der Waals surface area (Å²) in [5.74, 6) is 0. The Hall–Kier alpha value is 2.65. The van der Waals surface area contributed by atoms with Gasteiger partial charge in [-0.1, -0.05) is 0 Å². The normalized spacial score (nSPS) is 6.92. The molecule has 0 unspecified atom stereocenters. The molecule has 0 aliphatic rings. The van der Waals surface area contributed by atoms with Crippen molar-refractivity contribution in [3.63, 3.8) is 0 Å². The van der Waals surface area contributed by atoms with Gasteiger partial charge in [0.15, 0.2) is 0 Å². The van der Waals surface area contributed by atoms with Crippen molar-refractivity contribution < 1.29 is 166 Å². The minimum absolute atomic E-state index is 0. The van der Waals surface area contributed by atoms with Crippen LogP contribution in [0.2, 0.25) is 0 Å². The van der Waals surface area contributed by atoms with Crippen molar-refractivity contribution in [2.24, 2.45) is 0 Å². The van der Waals surface area contributed by atoms with Gasteiger partial charge in [0.2, 0.25) is 0 Å². The summed E-state index contributed by atoms with van der Waals surface area (Å²) in [4.78, 5) is 0. The number of hydrogen-bond donors (Lipinski definition) is 11. The largest absolute Gasteiger partial charge is 1.00 e. The Bertz CT molecular complexity index is 213. The fraction of sp³-hybridized carbons (Fsp3) is 0. The van der Waals surface area contributed by atoms with Gasteiger partial charge < -0.3 is 60.3 Å². The van der Waals surface area contributed by atoms with E-state index < -0.39 is 39.7 Å². The van der Waals surface area contributed by atoms with E-state index >= 15 is 0 Å². The predicted octanol–water partition coefficient (Wildman–Crippen LogP) is -19.7. The van der Waals surface area contributed by atoms with Gasteiger partial charge in [0, 0.05) is 0 Å². The van der Waals surface area contributed by atoms with E-state index in [0.29, 0.717) is 0 Å². The molecule has 24 heteroatoms. The van der Waals surface area contributed by atoms with Crippen LogP contribution in [-0.4, -0.2) is 92.0 Å². The first-order chi connectivity index (χ1) is 8.93. The first-order valence-corrected chi connectivity index (χ1v) is 5.13. The van der Waals surface area contributed by atoms with Gasteiger partial charge in [-0.2, -0.15) is 8.42 Å². The first-order valence-electron chi connectivity index (χ1n) is 3.73. The molecule has 0 amide bonds. The standard InChI is InChI=1S/3BH3O3.BO3.3Na.H2O4S/c4*2-1(3)4;;;;1-5(2,3)4/h3*2-4H;;;;;(H2,1,2,3,4)/q;;;-3;3*+1;. The SMILES string of the molecule is O=S(=O)(O)O.OB(O)O.OB(O)O.OB(O)O.[Na+].[Na+].[Na+].[O-]B([O-])[O-]. The van der Waals surface area contributed by atoms with E-state index in [1.54, 1.807) is 0 Å². The Morgan fingerprint density at radius 2 is 0.542 bits per heavy atom. The Morgan fingerprint density at radius 1 is 0.542 bits per heavy atom. The van der Waals surface area contributed by atoms with Crippen LogP contribution in [0.25, 0.3) is 0 Å². The maximum atomic E-state index is 8.74. The second-order valence-electron chi connectivity index (χ2n) is 1.78. The molecule has 16 nitrogen and oxygen atoms in total. The van der Waals surface area contributed by atoms with Gasteiger partial charge in [0.05, 0.1) is 0 Å². The smallest absolute Gasteiger partial charge is 0.907 e. The molecule has 24 heavy (non-hydrogen) atoms. The molecule has 0 fully saturated rings. The second-order valence-corrected chi connectivity index (χ2v) is 2.67. The maximum absolute atomic E-state index is 8.74. The van der Waals surface area contributed by atoms with Crippen molar-refractivity contribution in [2.75, 3.05) is 0 Å². The molecule has 0 rings (SSSR count). The van der Waals surface area contributed by atoms with Crippen LogP contribution in [0.15, 0.2) is 0 Å². The molecular formula is H11B4Na3O16S. The van der Waals surface area contributed by atoms with Crippen LogP contribution < -0.4 is 104 Å². The molecule has 0 aromatic rings. The molecule has 0 radical (unpaired) electrons. The second kappa shape index (κ2) is 36.5. The minimum Gasteiger partial charge on any atom is -0.907 e. The van der Waals surface area contributed by atoms with E-state index in [1.165, 1.54) is 0 Å². The zero-order valence-electron chi connectivity index (χ0n) is 12.7. The fourth-order valence-electron chi connectivity index (χ4n) is 0. The predicted molar refractivity (Wildman–Crippen MR) is 57.2 cm³/mol. The molecule has 11 N–H and O–H groups in total. The summed E-state index contributed by atoms with van der Waals surface area (Å²) in [6, 6.07) is 0. The maximum Gasteiger partial charge on any atom is 1.00 e. The van der Waals surface area contributed by atoms with Gasteiger partial charge in [-0.25, -0.2) is 0 Å². The summed E-state index contributed by atoms with van der Waals surface area (Å²) in [5.41, 5.74) is 0. The van der Waals surface area contributed by atoms with Crippen LogP contribution in [0, 0.1) is 0 Å². The third-order valence-corrected chi connectivity index (χ3v) is 0. The van der Waals surface area contributed by atoms with Crippen LogP contribution in [0.5, 0.6) is 0 Å². The molecule has 0 aromatic heterocycles. The van der Waals surface area contributed by atoms with Gasteiger partial charge in [-0.05, 0) is 0 Å². The van der Waals surface area contributed by atoms with Crippen molar-refractivity contribution in [2.45, 2.75) is 0 Å². The van der Waals surface area contributed by atoms with Crippen LogP contribution in [0.1, 0.15) is 0 Å². The van der Waals surface area contributed by atoms with Gasteiger partial charge in [0.1, 0.15) is 0 Å². The Morgan fingerprint density at radius 3 is 0.542 bits per heavy atom. The van der Waals surface area contributed by atoms with E-state index in [2.05, 4.69) is 0 Å². The van der Waals surface area contributed by atoms with E-state index in [4.69, 9.17) is 77.8 Å². The number of hydrogen-bond acceptors (Lipinski definition) is 14. The van der Waals surface area contributed by atoms with Gasteiger partial charge in [-0.15, -0.1) is 0 Å². The third-order valence-electron chi connectivity index (χ3n) is 0. The summed E-state index contributed by atoms with van der Waals surface area (Å²) in [6.07, 6.45) is 0. The summed E-state index contributed by atoms with van der Waals surface area (Å²) >= 11 is 0. The monoisotopic (exact) mass is 412 g/mol. The Balaban J connectivity index is -0.0000000216. The van der Waals surface area contributed by atoms with Crippen molar-refractivity contribution >= 4 is 39.7 Å². The zero-order valence-corrected chi connectivity index (χ0v) is 19.5. The van der Waals surface area contributed by atoms with Crippen LogP contribution >= 0.6 is 0 Å². The molecule has 0 saturated heterocycles. The zero-order chi connectivity index (χ0) is 18.8. The molecule has 0 spiro atoms. The molecule has 128 valence electrons. The Labute approximate surface area is 204 Å². The number of rotatable bonds is 0.